The van der Waals surface area contributed by atoms with Crippen LogP contribution >= 0.6 is 0 Å². The Morgan fingerprint density at radius 2 is 1.78 bits per heavy atom. The predicted octanol–water partition coefficient (Wildman–Crippen LogP) is 5.07. The van der Waals surface area contributed by atoms with Gasteiger partial charge in [0.15, 0.2) is 0 Å². The van der Waals surface area contributed by atoms with Crippen molar-refractivity contribution in [2.24, 2.45) is 0 Å². The molecule has 2 aromatic carbocycles. The van der Waals surface area contributed by atoms with Crippen LogP contribution in [-0.4, -0.2) is 12.0 Å². The SMILES string of the molecule is CCCCc1ccc(NC(=O)c2ccccc2OC(C)C)cc1. The van der Waals surface area contributed by atoms with Crippen LogP contribution in [0.1, 0.15) is 49.5 Å². The van der Waals surface area contributed by atoms with Crippen molar-refractivity contribution in [3.05, 3.63) is 59.7 Å². The van der Waals surface area contributed by atoms with E-state index in [0.29, 0.717) is 11.3 Å². The lowest BCUT2D eigenvalue weighted by Crippen LogP contribution is -2.15. The molecule has 0 fully saturated rings. The number of ether oxygens (including phenoxy) is 1. The average molecular weight is 311 g/mol. The van der Waals surface area contributed by atoms with Crippen LogP contribution in [0.4, 0.5) is 5.69 Å². The van der Waals surface area contributed by atoms with Crippen LogP contribution in [0, 0.1) is 0 Å². The molecule has 2 aromatic rings. The minimum Gasteiger partial charge on any atom is -0.490 e. The highest BCUT2D eigenvalue weighted by Gasteiger charge is 2.13. The molecule has 0 saturated heterocycles. The van der Waals surface area contributed by atoms with E-state index in [1.165, 1.54) is 18.4 Å². The predicted molar refractivity (Wildman–Crippen MR) is 95.2 cm³/mol. The number of hydrogen-bond acceptors (Lipinski definition) is 2. The molecule has 23 heavy (non-hydrogen) atoms. The Morgan fingerprint density at radius 3 is 2.43 bits per heavy atom. The first-order valence-electron chi connectivity index (χ1n) is 8.26. The van der Waals surface area contributed by atoms with E-state index in [2.05, 4.69) is 24.4 Å². The lowest BCUT2D eigenvalue weighted by atomic mass is 10.1. The maximum absolute atomic E-state index is 12.5. The summed E-state index contributed by atoms with van der Waals surface area (Å²) < 4.78 is 5.71. The van der Waals surface area contributed by atoms with Crippen molar-refractivity contribution in [3.63, 3.8) is 0 Å². The molecule has 0 aliphatic rings. The fourth-order valence-corrected chi connectivity index (χ4v) is 2.35. The number of para-hydroxylation sites is 1. The highest BCUT2D eigenvalue weighted by molar-refractivity contribution is 6.06. The monoisotopic (exact) mass is 311 g/mol. The molecule has 3 nitrogen and oxygen atoms in total. The zero-order chi connectivity index (χ0) is 16.7. The summed E-state index contributed by atoms with van der Waals surface area (Å²) in [5.74, 6) is 0.460. The van der Waals surface area contributed by atoms with E-state index in [1.54, 1.807) is 6.07 Å². The van der Waals surface area contributed by atoms with E-state index in [0.717, 1.165) is 12.1 Å². The van der Waals surface area contributed by atoms with Crippen molar-refractivity contribution in [1.29, 1.82) is 0 Å². The molecule has 0 spiro atoms. The number of hydrogen-bond donors (Lipinski definition) is 1. The Bertz CT molecular complexity index is 632. The molecule has 0 unspecified atom stereocenters. The quantitative estimate of drug-likeness (QED) is 0.775. The van der Waals surface area contributed by atoms with E-state index in [9.17, 15) is 4.79 Å². The van der Waals surface area contributed by atoms with Crippen LogP contribution in [0.5, 0.6) is 5.75 Å². The molecular weight excluding hydrogens is 286 g/mol. The van der Waals surface area contributed by atoms with Gasteiger partial charge >= 0.3 is 0 Å². The highest BCUT2D eigenvalue weighted by Crippen LogP contribution is 2.21. The Labute approximate surface area is 138 Å². The minimum absolute atomic E-state index is 0.0294. The Morgan fingerprint density at radius 1 is 1.09 bits per heavy atom. The summed E-state index contributed by atoms with van der Waals surface area (Å²) >= 11 is 0. The van der Waals surface area contributed by atoms with Gasteiger partial charge in [-0.15, -0.1) is 0 Å². The molecule has 0 aromatic heterocycles. The molecule has 2 rings (SSSR count). The summed E-state index contributed by atoms with van der Waals surface area (Å²) in [5.41, 5.74) is 2.65. The highest BCUT2D eigenvalue weighted by atomic mass is 16.5. The molecule has 0 heterocycles. The van der Waals surface area contributed by atoms with Gasteiger partial charge in [-0.05, 0) is 56.5 Å². The number of aryl methyl sites for hydroxylation is 1. The third-order valence-electron chi connectivity index (χ3n) is 3.53. The molecule has 1 amide bonds. The van der Waals surface area contributed by atoms with Crippen LogP contribution in [0.2, 0.25) is 0 Å². The molecule has 0 radical (unpaired) electrons. The van der Waals surface area contributed by atoms with Gasteiger partial charge in [0.2, 0.25) is 0 Å². The van der Waals surface area contributed by atoms with E-state index in [-0.39, 0.29) is 12.0 Å². The van der Waals surface area contributed by atoms with E-state index in [1.807, 2.05) is 44.2 Å². The van der Waals surface area contributed by atoms with E-state index >= 15 is 0 Å². The molecule has 0 atom stereocenters. The first-order valence-corrected chi connectivity index (χ1v) is 8.26. The molecular formula is C20H25NO2. The number of benzene rings is 2. The number of carbonyl (C=O) groups excluding carboxylic acids is 1. The third kappa shape index (κ3) is 5.13. The Hall–Kier alpha value is -2.29. The third-order valence-corrected chi connectivity index (χ3v) is 3.53. The first-order chi connectivity index (χ1) is 11.1. The van der Waals surface area contributed by atoms with Gasteiger partial charge in [-0.25, -0.2) is 0 Å². The van der Waals surface area contributed by atoms with Gasteiger partial charge in [0.25, 0.3) is 5.91 Å². The summed E-state index contributed by atoms with van der Waals surface area (Å²) in [6, 6.07) is 15.4. The maximum Gasteiger partial charge on any atom is 0.259 e. The summed E-state index contributed by atoms with van der Waals surface area (Å²) in [5, 5.41) is 2.94. The van der Waals surface area contributed by atoms with Gasteiger partial charge in [-0.1, -0.05) is 37.6 Å². The second-order valence-electron chi connectivity index (χ2n) is 5.92. The molecule has 122 valence electrons. The van der Waals surface area contributed by atoms with Crippen molar-refractivity contribution >= 4 is 11.6 Å². The fourth-order valence-electron chi connectivity index (χ4n) is 2.35. The van der Waals surface area contributed by atoms with Crippen molar-refractivity contribution in [2.45, 2.75) is 46.1 Å². The summed E-state index contributed by atoms with van der Waals surface area (Å²) in [7, 11) is 0. The molecule has 0 bridgehead atoms. The van der Waals surface area contributed by atoms with Crippen LogP contribution in [-0.2, 0) is 6.42 Å². The van der Waals surface area contributed by atoms with Crippen molar-refractivity contribution < 1.29 is 9.53 Å². The normalized spacial score (nSPS) is 10.6. The summed E-state index contributed by atoms with van der Waals surface area (Å²) in [4.78, 5) is 12.5. The fraction of sp³-hybridized carbons (Fsp3) is 0.350. The number of amides is 1. The topological polar surface area (TPSA) is 38.3 Å². The molecule has 0 saturated carbocycles. The lowest BCUT2D eigenvalue weighted by Gasteiger charge is -2.14. The van der Waals surface area contributed by atoms with Gasteiger partial charge in [-0.2, -0.15) is 0 Å². The second kappa shape index (κ2) is 8.37. The van der Waals surface area contributed by atoms with Crippen LogP contribution in [0.25, 0.3) is 0 Å². The van der Waals surface area contributed by atoms with Crippen LogP contribution < -0.4 is 10.1 Å². The maximum atomic E-state index is 12.5. The van der Waals surface area contributed by atoms with Crippen molar-refractivity contribution in [1.82, 2.24) is 0 Å². The number of rotatable bonds is 7. The van der Waals surface area contributed by atoms with Crippen molar-refractivity contribution in [3.8, 4) is 5.75 Å². The Balaban J connectivity index is 2.07. The lowest BCUT2D eigenvalue weighted by molar-refractivity contribution is 0.102. The van der Waals surface area contributed by atoms with Gasteiger partial charge in [0.05, 0.1) is 11.7 Å². The standard InChI is InChI=1S/C20H25NO2/c1-4-5-8-16-11-13-17(14-12-16)21-20(22)18-9-6-7-10-19(18)23-15(2)3/h6-7,9-15H,4-5,8H2,1-3H3,(H,21,22). The van der Waals surface area contributed by atoms with Gasteiger partial charge in [0, 0.05) is 5.69 Å². The zero-order valence-corrected chi connectivity index (χ0v) is 14.1. The smallest absolute Gasteiger partial charge is 0.259 e. The minimum atomic E-state index is -0.150. The largest absolute Gasteiger partial charge is 0.490 e. The average Bonchev–Trinajstić information content (AvgIpc) is 2.54. The number of unbranched alkanes of at least 4 members (excludes halogenated alkanes) is 1. The van der Waals surface area contributed by atoms with Crippen LogP contribution in [0.15, 0.2) is 48.5 Å². The molecule has 0 aliphatic carbocycles. The Kier molecular flexibility index (Phi) is 6.21. The van der Waals surface area contributed by atoms with E-state index in [4.69, 9.17) is 4.74 Å². The number of anilines is 1. The van der Waals surface area contributed by atoms with Crippen LogP contribution in [0.3, 0.4) is 0 Å². The molecule has 1 N–H and O–H groups in total. The van der Waals surface area contributed by atoms with Gasteiger partial charge < -0.3 is 10.1 Å². The zero-order valence-electron chi connectivity index (χ0n) is 14.1. The second-order valence-corrected chi connectivity index (χ2v) is 5.92. The van der Waals surface area contributed by atoms with Crippen molar-refractivity contribution in [2.75, 3.05) is 5.32 Å². The molecule has 0 aliphatic heterocycles. The van der Waals surface area contributed by atoms with E-state index < -0.39 is 0 Å². The van der Waals surface area contributed by atoms with Gasteiger partial charge in [0.1, 0.15) is 5.75 Å². The first kappa shape index (κ1) is 17.1. The number of nitrogens with one attached hydrogen (secondary N) is 1. The van der Waals surface area contributed by atoms with Gasteiger partial charge in [-0.3, -0.25) is 4.79 Å². The molecule has 3 heteroatoms. The summed E-state index contributed by atoms with van der Waals surface area (Å²) in [6.45, 7) is 6.08. The summed E-state index contributed by atoms with van der Waals surface area (Å²) in [6.07, 6.45) is 3.48. The number of carbonyl (C=O) groups is 1.